The molecule has 0 spiro atoms. The van der Waals surface area contributed by atoms with E-state index in [1.54, 1.807) is 7.11 Å². The molecule has 0 bridgehead atoms. The van der Waals surface area contributed by atoms with Gasteiger partial charge in [-0.05, 0) is 25.5 Å². The lowest BCUT2D eigenvalue weighted by atomic mass is 10.2. The van der Waals surface area contributed by atoms with Gasteiger partial charge in [0.15, 0.2) is 17.5 Å². The van der Waals surface area contributed by atoms with E-state index in [0.29, 0.717) is 57.8 Å². The van der Waals surface area contributed by atoms with Crippen molar-refractivity contribution in [1.29, 1.82) is 0 Å². The molecule has 0 saturated heterocycles. The maximum absolute atomic E-state index is 11.8. The fraction of sp³-hybridized carbons (Fsp3) is 0.600. The molecule has 1 amide bonds. The van der Waals surface area contributed by atoms with E-state index in [2.05, 4.69) is 20.9 Å². The maximum atomic E-state index is 11.8. The van der Waals surface area contributed by atoms with Crippen LogP contribution in [0, 0.1) is 0 Å². The summed E-state index contributed by atoms with van der Waals surface area (Å²) in [5, 5.41) is 9.18. The number of nitrogens with zero attached hydrogens (tertiary/aromatic N) is 1. The minimum Gasteiger partial charge on any atom is -0.490 e. The second-order valence-corrected chi connectivity index (χ2v) is 6.34. The lowest BCUT2D eigenvalue weighted by molar-refractivity contribution is -0.119. The number of rotatable bonds is 11. The summed E-state index contributed by atoms with van der Waals surface area (Å²) in [6.07, 6.45) is 1.65. The number of halogens is 1. The van der Waals surface area contributed by atoms with Crippen LogP contribution >= 0.6 is 24.0 Å². The summed E-state index contributed by atoms with van der Waals surface area (Å²) in [6, 6.07) is 5.64. The minimum atomic E-state index is -0.129. The second kappa shape index (κ2) is 16.0. The number of carbonyl (C=O) groups excluding carboxylic acids is 1. The Morgan fingerprint density at radius 1 is 1.13 bits per heavy atom. The minimum absolute atomic E-state index is 0. The third kappa shape index (κ3) is 10.3. The van der Waals surface area contributed by atoms with Crippen LogP contribution in [-0.4, -0.2) is 71.6 Å². The van der Waals surface area contributed by atoms with Crippen LogP contribution in [0.5, 0.6) is 11.5 Å². The van der Waals surface area contributed by atoms with Crippen LogP contribution in [0.4, 0.5) is 5.69 Å². The van der Waals surface area contributed by atoms with E-state index in [9.17, 15) is 4.79 Å². The van der Waals surface area contributed by atoms with Crippen LogP contribution in [0.15, 0.2) is 23.2 Å². The van der Waals surface area contributed by atoms with E-state index in [1.165, 1.54) is 0 Å². The van der Waals surface area contributed by atoms with Crippen molar-refractivity contribution in [2.75, 3.05) is 65.1 Å². The fourth-order valence-electron chi connectivity index (χ4n) is 2.55. The third-order valence-corrected chi connectivity index (χ3v) is 3.95. The number of amides is 1. The van der Waals surface area contributed by atoms with Crippen molar-refractivity contribution in [1.82, 2.24) is 10.6 Å². The molecule has 170 valence electrons. The van der Waals surface area contributed by atoms with Crippen molar-refractivity contribution >= 4 is 41.5 Å². The van der Waals surface area contributed by atoms with E-state index in [0.717, 1.165) is 24.3 Å². The van der Waals surface area contributed by atoms with Crippen LogP contribution in [0.3, 0.4) is 0 Å². The van der Waals surface area contributed by atoms with Gasteiger partial charge in [0.25, 0.3) is 0 Å². The average molecular weight is 536 g/mol. The molecule has 0 aromatic heterocycles. The predicted octanol–water partition coefficient (Wildman–Crippen LogP) is 2.01. The number of benzene rings is 1. The van der Waals surface area contributed by atoms with Crippen LogP contribution in [0.2, 0.25) is 0 Å². The summed E-state index contributed by atoms with van der Waals surface area (Å²) in [5.41, 5.74) is 0.799. The van der Waals surface area contributed by atoms with Crippen LogP contribution in [-0.2, 0) is 14.3 Å². The first-order valence-electron chi connectivity index (χ1n) is 10.0. The summed E-state index contributed by atoms with van der Waals surface area (Å²) in [4.78, 5) is 16.1. The lowest BCUT2D eigenvalue weighted by Gasteiger charge is -2.14. The number of hydrogen-bond acceptors (Lipinski definition) is 6. The Labute approximate surface area is 195 Å². The first-order chi connectivity index (χ1) is 14.2. The molecular formula is C20H33IN4O5. The zero-order chi connectivity index (χ0) is 20.7. The van der Waals surface area contributed by atoms with Crippen LogP contribution in [0.1, 0.15) is 19.8 Å². The van der Waals surface area contributed by atoms with E-state index >= 15 is 0 Å². The van der Waals surface area contributed by atoms with Crippen molar-refractivity contribution in [2.24, 2.45) is 4.99 Å². The zero-order valence-electron chi connectivity index (χ0n) is 17.7. The SMILES string of the molecule is CCNC(=O)CN=C(NCCCOCCOC)Nc1ccc2c(c1)OCCCO2.I. The molecule has 0 aliphatic carbocycles. The number of fused-ring (bicyclic) bond motifs is 1. The van der Waals surface area contributed by atoms with Gasteiger partial charge in [-0.15, -0.1) is 24.0 Å². The van der Waals surface area contributed by atoms with Gasteiger partial charge in [-0.3, -0.25) is 4.79 Å². The summed E-state index contributed by atoms with van der Waals surface area (Å²) in [6.45, 7) is 6.18. The van der Waals surface area contributed by atoms with Crippen LogP contribution < -0.4 is 25.4 Å². The summed E-state index contributed by atoms with van der Waals surface area (Å²) < 4.78 is 21.8. The number of ether oxygens (including phenoxy) is 4. The summed E-state index contributed by atoms with van der Waals surface area (Å²) in [7, 11) is 1.65. The first-order valence-corrected chi connectivity index (χ1v) is 10.0. The Hall–Kier alpha value is -1.79. The topological polar surface area (TPSA) is 102 Å². The molecule has 2 rings (SSSR count). The van der Waals surface area contributed by atoms with E-state index in [4.69, 9.17) is 18.9 Å². The maximum Gasteiger partial charge on any atom is 0.241 e. The van der Waals surface area contributed by atoms with Gasteiger partial charge in [0.2, 0.25) is 5.91 Å². The molecule has 30 heavy (non-hydrogen) atoms. The standard InChI is InChI=1S/C20H32N4O5.HI/c1-3-21-19(25)15-23-20(22-8-4-9-27-13-12-26-2)24-16-6-7-17-18(14-16)29-11-5-10-28-17;/h6-7,14H,3-5,8-13,15H2,1-2H3,(H,21,25)(H2,22,23,24);1H. The number of nitrogens with one attached hydrogen (secondary N) is 3. The fourth-order valence-corrected chi connectivity index (χ4v) is 2.55. The molecule has 9 nitrogen and oxygen atoms in total. The molecule has 0 fully saturated rings. The molecule has 3 N–H and O–H groups in total. The number of guanidine groups is 1. The lowest BCUT2D eigenvalue weighted by Crippen LogP contribution is -2.34. The average Bonchev–Trinajstić information content (AvgIpc) is 2.96. The number of methoxy groups -OCH3 is 1. The molecule has 0 saturated carbocycles. The molecular weight excluding hydrogens is 503 g/mol. The van der Waals surface area contributed by atoms with Gasteiger partial charge >= 0.3 is 0 Å². The molecule has 1 aliphatic heterocycles. The quantitative estimate of drug-likeness (QED) is 0.172. The van der Waals surface area contributed by atoms with Gasteiger partial charge in [0.05, 0.1) is 26.4 Å². The van der Waals surface area contributed by atoms with Gasteiger partial charge in [-0.1, -0.05) is 0 Å². The number of hydrogen-bond donors (Lipinski definition) is 3. The smallest absolute Gasteiger partial charge is 0.241 e. The summed E-state index contributed by atoms with van der Waals surface area (Å²) >= 11 is 0. The Kier molecular flexibility index (Phi) is 14.0. The molecule has 0 atom stereocenters. The number of aliphatic imine (C=N–C) groups is 1. The molecule has 1 aromatic rings. The summed E-state index contributed by atoms with van der Waals surface area (Å²) in [5.74, 6) is 1.81. The molecule has 1 aliphatic rings. The second-order valence-electron chi connectivity index (χ2n) is 6.34. The number of likely N-dealkylation sites (N-methyl/N-ethyl adjacent to an activating group) is 1. The molecule has 10 heteroatoms. The van der Waals surface area contributed by atoms with Gasteiger partial charge in [-0.2, -0.15) is 0 Å². The van der Waals surface area contributed by atoms with Crippen LogP contribution in [0.25, 0.3) is 0 Å². The predicted molar refractivity (Wildman–Crippen MR) is 127 cm³/mol. The molecule has 0 radical (unpaired) electrons. The number of anilines is 1. The normalized spacial score (nSPS) is 13.1. The zero-order valence-corrected chi connectivity index (χ0v) is 20.0. The highest BCUT2D eigenvalue weighted by molar-refractivity contribution is 14.0. The van der Waals surface area contributed by atoms with E-state index in [1.807, 2.05) is 25.1 Å². The highest BCUT2D eigenvalue weighted by atomic mass is 127. The molecule has 1 heterocycles. The van der Waals surface area contributed by atoms with Crippen molar-refractivity contribution in [3.05, 3.63) is 18.2 Å². The van der Waals surface area contributed by atoms with Gasteiger partial charge in [0, 0.05) is 45.0 Å². The molecule has 0 unspecified atom stereocenters. The van der Waals surface area contributed by atoms with Crippen molar-refractivity contribution in [2.45, 2.75) is 19.8 Å². The van der Waals surface area contributed by atoms with Gasteiger partial charge in [0.1, 0.15) is 6.54 Å². The van der Waals surface area contributed by atoms with Crippen molar-refractivity contribution in [3.63, 3.8) is 0 Å². The van der Waals surface area contributed by atoms with E-state index < -0.39 is 0 Å². The van der Waals surface area contributed by atoms with Gasteiger partial charge < -0.3 is 34.9 Å². The van der Waals surface area contributed by atoms with Crippen molar-refractivity contribution in [3.8, 4) is 11.5 Å². The Bertz CT molecular complexity index is 660. The first kappa shape index (κ1) is 26.2. The third-order valence-electron chi connectivity index (χ3n) is 3.95. The Morgan fingerprint density at radius 3 is 2.70 bits per heavy atom. The Balaban J connectivity index is 0.00000450. The van der Waals surface area contributed by atoms with Crippen molar-refractivity contribution < 1.29 is 23.7 Å². The van der Waals surface area contributed by atoms with E-state index in [-0.39, 0.29) is 36.4 Å². The monoisotopic (exact) mass is 536 g/mol. The Morgan fingerprint density at radius 2 is 1.93 bits per heavy atom. The van der Waals surface area contributed by atoms with Gasteiger partial charge in [-0.25, -0.2) is 4.99 Å². The largest absolute Gasteiger partial charge is 0.490 e. The number of carbonyl (C=O) groups is 1. The highest BCUT2D eigenvalue weighted by Gasteiger charge is 2.11. The highest BCUT2D eigenvalue weighted by Crippen LogP contribution is 2.32. The molecule has 1 aromatic carbocycles.